The minimum Gasteiger partial charge on any atom is -0.497 e. The summed E-state index contributed by atoms with van der Waals surface area (Å²) in [6, 6.07) is 7.46. The van der Waals surface area contributed by atoms with Gasteiger partial charge in [-0.05, 0) is 24.1 Å². The summed E-state index contributed by atoms with van der Waals surface area (Å²) in [6.45, 7) is 0. The van der Waals surface area contributed by atoms with Gasteiger partial charge >= 0.3 is 0 Å². The summed E-state index contributed by atoms with van der Waals surface area (Å²) in [7, 11) is 3.42. The number of hydrogen-bond acceptors (Lipinski definition) is 3. The highest BCUT2D eigenvalue weighted by Gasteiger charge is 2.35. The Hall–Kier alpha value is -1.55. The highest BCUT2D eigenvalue weighted by atomic mass is 16.5. The van der Waals surface area contributed by atoms with E-state index in [0.29, 0.717) is 6.42 Å². The van der Waals surface area contributed by atoms with E-state index in [4.69, 9.17) is 10.5 Å². The third kappa shape index (κ3) is 1.76. The van der Waals surface area contributed by atoms with Crippen LogP contribution in [0.2, 0.25) is 0 Å². The number of ether oxygens (including phenoxy) is 1. The molecule has 1 saturated heterocycles. The molecule has 4 heteroatoms. The van der Waals surface area contributed by atoms with Crippen LogP contribution in [0.25, 0.3) is 0 Å². The van der Waals surface area contributed by atoms with E-state index >= 15 is 0 Å². The van der Waals surface area contributed by atoms with Crippen LogP contribution in [0.5, 0.6) is 5.75 Å². The largest absolute Gasteiger partial charge is 0.497 e. The molecule has 0 spiro atoms. The maximum atomic E-state index is 11.6. The zero-order chi connectivity index (χ0) is 11.7. The summed E-state index contributed by atoms with van der Waals surface area (Å²) in [5.74, 6) is 0.812. The number of likely N-dealkylation sites (N-methyl/N-ethyl adjacent to an activating group) is 1. The van der Waals surface area contributed by atoms with Crippen LogP contribution in [0.4, 0.5) is 0 Å². The number of hydrogen-bond donors (Lipinski definition) is 1. The van der Waals surface area contributed by atoms with Crippen molar-refractivity contribution in [1.82, 2.24) is 4.90 Å². The molecule has 1 aromatic rings. The van der Waals surface area contributed by atoms with Gasteiger partial charge < -0.3 is 15.4 Å². The van der Waals surface area contributed by atoms with Crippen LogP contribution in [-0.4, -0.2) is 31.0 Å². The molecule has 0 unspecified atom stereocenters. The second kappa shape index (κ2) is 4.14. The molecule has 1 amide bonds. The van der Waals surface area contributed by atoms with Crippen molar-refractivity contribution >= 4 is 5.91 Å². The van der Waals surface area contributed by atoms with Crippen LogP contribution >= 0.6 is 0 Å². The van der Waals surface area contributed by atoms with Crippen LogP contribution in [0.1, 0.15) is 18.0 Å². The third-order valence-electron chi connectivity index (χ3n) is 3.09. The number of nitrogens with two attached hydrogens (primary N) is 1. The standard InChI is InChI=1S/C12H16N2O2/c1-14-11(7-10(13)12(14)15)8-4-3-5-9(6-8)16-2/h3-6,10-11H,7,13H2,1-2H3/t10-,11+/m0/s1. The fourth-order valence-corrected chi connectivity index (χ4v) is 2.12. The first-order valence-corrected chi connectivity index (χ1v) is 5.29. The molecule has 2 rings (SSSR count). The molecule has 0 bridgehead atoms. The van der Waals surface area contributed by atoms with E-state index in [9.17, 15) is 4.79 Å². The van der Waals surface area contributed by atoms with Gasteiger partial charge in [-0.3, -0.25) is 4.79 Å². The molecule has 0 radical (unpaired) electrons. The molecule has 16 heavy (non-hydrogen) atoms. The van der Waals surface area contributed by atoms with Crippen LogP contribution in [0.3, 0.4) is 0 Å². The van der Waals surface area contributed by atoms with E-state index in [1.54, 1.807) is 19.1 Å². The number of nitrogens with zero attached hydrogens (tertiary/aromatic N) is 1. The predicted octanol–water partition coefficient (Wildman–Crippen LogP) is 0.926. The maximum absolute atomic E-state index is 11.6. The first kappa shape index (κ1) is 11.0. The van der Waals surface area contributed by atoms with Crippen molar-refractivity contribution < 1.29 is 9.53 Å². The summed E-state index contributed by atoms with van der Waals surface area (Å²) >= 11 is 0. The van der Waals surface area contributed by atoms with Crippen LogP contribution < -0.4 is 10.5 Å². The molecule has 86 valence electrons. The molecule has 2 N–H and O–H groups in total. The molecule has 0 aliphatic carbocycles. The second-order valence-corrected chi connectivity index (χ2v) is 4.08. The molecule has 4 nitrogen and oxygen atoms in total. The van der Waals surface area contributed by atoms with Gasteiger partial charge in [-0.25, -0.2) is 0 Å². The lowest BCUT2D eigenvalue weighted by Crippen LogP contribution is -2.31. The minimum atomic E-state index is -0.374. The molecule has 1 heterocycles. The quantitative estimate of drug-likeness (QED) is 0.806. The lowest BCUT2D eigenvalue weighted by molar-refractivity contribution is -0.128. The van der Waals surface area contributed by atoms with E-state index in [-0.39, 0.29) is 18.0 Å². The molecule has 1 aliphatic heterocycles. The Kier molecular flexibility index (Phi) is 2.83. The Balaban J connectivity index is 2.27. The second-order valence-electron chi connectivity index (χ2n) is 4.08. The Morgan fingerprint density at radius 2 is 2.25 bits per heavy atom. The summed E-state index contributed by atoms with van der Waals surface area (Å²) < 4.78 is 5.17. The first-order chi connectivity index (χ1) is 7.63. The molecule has 2 atom stereocenters. The molecule has 1 aliphatic rings. The average molecular weight is 220 g/mol. The van der Waals surface area contributed by atoms with E-state index in [1.807, 2.05) is 24.3 Å². The van der Waals surface area contributed by atoms with Crippen molar-refractivity contribution in [3.8, 4) is 5.75 Å². The summed E-state index contributed by atoms with van der Waals surface area (Å²) in [5.41, 5.74) is 6.82. The SMILES string of the molecule is COc1cccc([C@H]2C[C@H](N)C(=O)N2C)c1. The Bertz CT molecular complexity index is 406. The van der Waals surface area contributed by atoms with E-state index in [2.05, 4.69) is 0 Å². The highest BCUT2D eigenvalue weighted by Crippen LogP contribution is 2.32. The Morgan fingerprint density at radius 1 is 1.50 bits per heavy atom. The monoisotopic (exact) mass is 220 g/mol. The average Bonchev–Trinajstić information content (AvgIpc) is 2.57. The molecule has 0 saturated carbocycles. The lowest BCUT2D eigenvalue weighted by atomic mass is 10.0. The molecule has 1 fully saturated rings. The molecular formula is C12H16N2O2. The van der Waals surface area contributed by atoms with Gasteiger partial charge in [-0.15, -0.1) is 0 Å². The van der Waals surface area contributed by atoms with Crippen molar-refractivity contribution in [3.63, 3.8) is 0 Å². The zero-order valence-electron chi connectivity index (χ0n) is 9.51. The van der Waals surface area contributed by atoms with Gasteiger partial charge in [0.05, 0.1) is 19.2 Å². The number of rotatable bonds is 2. The van der Waals surface area contributed by atoms with Gasteiger partial charge in [0.1, 0.15) is 5.75 Å². The van der Waals surface area contributed by atoms with Crippen molar-refractivity contribution in [3.05, 3.63) is 29.8 Å². The van der Waals surface area contributed by atoms with Gasteiger partial charge in [0, 0.05) is 7.05 Å². The number of likely N-dealkylation sites (tertiary alicyclic amines) is 1. The minimum absolute atomic E-state index is 0.00724. The van der Waals surface area contributed by atoms with Gasteiger partial charge in [0.15, 0.2) is 0 Å². The Morgan fingerprint density at radius 3 is 2.81 bits per heavy atom. The summed E-state index contributed by atoms with van der Waals surface area (Å²) in [4.78, 5) is 13.3. The third-order valence-corrected chi connectivity index (χ3v) is 3.09. The predicted molar refractivity (Wildman–Crippen MR) is 61.1 cm³/mol. The number of amides is 1. The van der Waals surface area contributed by atoms with Gasteiger partial charge in [-0.2, -0.15) is 0 Å². The van der Waals surface area contributed by atoms with Gasteiger partial charge in [0.2, 0.25) is 5.91 Å². The fourth-order valence-electron chi connectivity index (χ4n) is 2.12. The van der Waals surface area contributed by atoms with Crippen molar-refractivity contribution in [2.24, 2.45) is 5.73 Å². The smallest absolute Gasteiger partial charge is 0.239 e. The van der Waals surface area contributed by atoms with Gasteiger partial charge in [-0.1, -0.05) is 12.1 Å². The number of methoxy groups -OCH3 is 1. The zero-order valence-corrected chi connectivity index (χ0v) is 9.51. The molecular weight excluding hydrogens is 204 g/mol. The molecule has 1 aromatic carbocycles. The topological polar surface area (TPSA) is 55.6 Å². The van der Waals surface area contributed by atoms with Gasteiger partial charge in [0.25, 0.3) is 0 Å². The highest BCUT2D eigenvalue weighted by molar-refractivity contribution is 5.84. The number of benzene rings is 1. The normalized spacial score (nSPS) is 24.9. The van der Waals surface area contributed by atoms with Crippen molar-refractivity contribution in [2.45, 2.75) is 18.5 Å². The lowest BCUT2D eigenvalue weighted by Gasteiger charge is -2.20. The van der Waals surface area contributed by atoms with E-state index < -0.39 is 0 Å². The van der Waals surface area contributed by atoms with Crippen LogP contribution in [-0.2, 0) is 4.79 Å². The van der Waals surface area contributed by atoms with Crippen molar-refractivity contribution in [2.75, 3.05) is 14.2 Å². The summed E-state index contributed by atoms with van der Waals surface area (Å²) in [6.07, 6.45) is 0.669. The first-order valence-electron chi connectivity index (χ1n) is 5.29. The van der Waals surface area contributed by atoms with E-state index in [0.717, 1.165) is 11.3 Å². The van der Waals surface area contributed by atoms with Crippen molar-refractivity contribution in [1.29, 1.82) is 0 Å². The number of carbonyl (C=O) groups excluding carboxylic acids is 1. The maximum Gasteiger partial charge on any atom is 0.239 e. The summed E-state index contributed by atoms with van der Waals surface area (Å²) in [5, 5.41) is 0. The molecule has 0 aromatic heterocycles. The number of carbonyl (C=O) groups is 1. The Labute approximate surface area is 95.0 Å². The van der Waals surface area contributed by atoms with Crippen LogP contribution in [0, 0.1) is 0 Å². The fraction of sp³-hybridized carbons (Fsp3) is 0.417. The van der Waals surface area contributed by atoms with Crippen LogP contribution in [0.15, 0.2) is 24.3 Å². The van der Waals surface area contributed by atoms with E-state index in [1.165, 1.54) is 0 Å².